The molecule has 24 heavy (non-hydrogen) atoms. The molecular weight excluding hydrogens is 304 g/mol. The summed E-state index contributed by atoms with van der Waals surface area (Å²) in [5.74, 6) is -0.175. The average Bonchev–Trinajstić information content (AvgIpc) is 2.97. The van der Waals surface area contributed by atoms with Crippen LogP contribution >= 0.6 is 0 Å². The zero-order valence-electron chi connectivity index (χ0n) is 14.8. The van der Waals surface area contributed by atoms with Crippen molar-refractivity contribution in [3.63, 3.8) is 0 Å². The van der Waals surface area contributed by atoms with Crippen LogP contribution in [0.15, 0.2) is 36.9 Å². The van der Waals surface area contributed by atoms with E-state index in [-0.39, 0.29) is 12.0 Å². The van der Waals surface area contributed by atoms with Crippen LogP contribution in [0.3, 0.4) is 0 Å². The number of carbonyl (C=O) groups excluding carboxylic acids is 1. The minimum atomic E-state index is -0.434. The maximum absolute atomic E-state index is 11.8. The first kappa shape index (κ1) is 18.1. The Labute approximate surface area is 143 Å². The van der Waals surface area contributed by atoms with E-state index in [1.807, 2.05) is 27.7 Å². The minimum Gasteiger partial charge on any atom is -0.460 e. The van der Waals surface area contributed by atoms with Crippen LogP contribution in [0.25, 0.3) is 0 Å². The summed E-state index contributed by atoms with van der Waals surface area (Å²) in [6.07, 6.45) is 3.60. The minimum absolute atomic E-state index is 0.0645. The molecule has 0 bridgehead atoms. The second-order valence-electron chi connectivity index (χ2n) is 6.98. The number of esters is 1. The predicted octanol–water partition coefficient (Wildman–Crippen LogP) is 2.54. The van der Waals surface area contributed by atoms with E-state index in [4.69, 9.17) is 4.74 Å². The fraction of sp³-hybridized carbons (Fsp3) is 0.500. The van der Waals surface area contributed by atoms with Crippen LogP contribution in [-0.2, 0) is 22.6 Å². The SMILES string of the molecule is C[C@H](CC(=O)OC(C)(C)C)NCc1ccc(Cn2cncn2)cc1. The van der Waals surface area contributed by atoms with Gasteiger partial charge in [0.25, 0.3) is 0 Å². The third-order valence-corrected chi connectivity index (χ3v) is 3.38. The number of aromatic nitrogens is 3. The molecule has 0 aliphatic heterocycles. The van der Waals surface area contributed by atoms with Crippen molar-refractivity contribution in [1.29, 1.82) is 0 Å². The van der Waals surface area contributed by atoms with Gasteiger partial charge in [0.2, 0.25) is 0 Å². The molecule has 2 rings (SSSR count). The lowest BCUT2D eigenvalue weighted by Crippen LogP contribution is -2.32. The lowest BCUT2D eigenvalue weighted by Gasteiger charge is -2.21. The molecule has 1 aromatic heterocycles. The van der Waals surface area contributed by atoms with Crippen molar-refractivity contribution in [2.45, 2.75) is 58.8 Å². The fourth-order valence-electron chi connectivity index (χ4n) is 2.26. The lowest BCUT2D eigenvalue weighted by atomic mass is 10.1. The number of hydrogen-bond acceptors (Lipinski definition) is 5. The first-order valence-electron chi connectivity index (χ1n) is 8.17. The zero-order chi connectivity index (χ0) is 17.6. The van der Waals surface area contributed by atoms with Crippen LogP contribution in [-0.4, -0.2) is 32.4 Å². The number of carbonyl (C=O) groups is 1. The first-order valence-corrected chi connectivity index (χ1v) is 8.17. The van der Waals surface area contributed by atoms with Crippen molar-refractivity contribution in [3.8, 4) is 0 Å². The number of ether oxygens (including phenoxy) is 1. The van der Waals surface area contributed by atoms with Crippen molar-refractivity contribution in [2.24, 2.45) is 0 Å². The smallest absolute Gasteiger partial charge is 0.307 e. The standard InChI is InChI=1S/C18H26N4O2/c1-14(9-17(23)24-18(2,3)4)20-10-15-5-7-16(8-6-15)11-22-13-19-12-21-22/h5-8,12-14,20H,9-11H2,1-4H3/t14-/m1/s1. The Morgan fingerprint density at radius 3 is 2.50 bits per heavy atom. The number of rotatable bonds is 7. The molecule has 0 aliphatic rings. The summed E-state index contributed by atoms with van der Waals surface area (Å²) >= 11 is 0. The Morgan fingerprint density at radius 2 is 1.92 bits per heavy atom. The normalized spacial score (nSPS) is 12.8. The van der Waals surface area contributed by atoms with E-state index in [0.29, 0.717) is 19.5 Å². The Kier molecular flexibility index (Phi) is 6.09. The highest BCUT2D eigenvalue weighted by Crippen LogP contribution is 2.10. The summed E-state index contributed by atoms with van der Waals surface area (Å²) in [6, 6.07) is 8.39. The van der Waals surface area contributed by atoms with Crippen molar-refractivity contribution in [2.75, 3.05) is 0 Å². The Hall–Kier alpha value is -2.21. The summed E-state index contributed by atoms with van der Waals surface area (Å²) in [4.78, 5) is 15.7. The fourth-order valence-corrected chi connectivity index (χ4v) is 2.26. The number of benzene rings is 1. The quantitative estimate of drug-likeness (QED) is 0.790. The largest absolute Gasteiger partial charge is 0.460 e. The number of nitrogens with zero attached hydrogens (tertiary/aromatic N) is 3. The summed E-state index contributed by atoms with van der Waals surface area (Å²) in [7, 11) is 0. The second kappa shape index (κ2) is 8.06. The summed E-state index contributed by atoms with van der Waals surface area (Å²) in [5.41, 5.74) is 1.91. The number of hydrogen-bond donors (Lipinski definition) is 1. The predicted molar refractivity (Wildman–Crippen MR) is 92.3 cm³/mol. The lowest BCUT2D eigenvalue weighted by molar-refractivity contribution is -0.155. The average molecular weight is 330 g/mol. The van der Waals surface area contributed by atoms with Crippen molar-refractivity contribution < 1.29 is 9.53 Å². The van der Waals surface area contributed by atoms with Gasteiger partial charge in [0, 0.05) is 12.6 Å². The van der Waals surface area contributed by atoms with Gasteiger partial charge in [0.15, 0.2) is 0 Å². The molecule has 1 N–H and O–H groups in total. The van der Waals surface area contributed by atoms with Gasteiger partial charge in [-0.2, -0.15) is 5.10 Å². The third kappa shape index (κ3) is 6.50. The molecule has 0 saturated carbocycles. The van der Waals surface area contributed by atoms with Crippen LogP contribution in [0, 0.1) is 0 Å². The molecule has 1 heterocycles. The van der Waals surface area contributed by atoms with Gasteiger partial charge in [-0.1, -0.05) is 24.3 Å². The topological polar surface area (TPSA) is 69.0 Å². The molecule has 0 amide bonds. The highest BCUT2D eigenvalue weighted by molar-refractivity contribution is 5.70. The molecular formula is C18H26N4O2. The zero-order valence-corrected chi connectivity index (χ0v) is 14.8. The van der Waals surface area contributed by atoms with E-state index >= 15 is 0 Å². The molecule has 130 valence electrons. The molecule has 2 aromatic rings. The van der Waals surface area contributed by atoms with E-state index in [1.165, 1.54) is 17.5 Å². The Balaban J connectivity index is 1.76. The monoisotopic (exact) mass is 330 g/mol. The summed E-state index contributed by atoms with van der Waals surface area (Å²) in [5, 5.41) is 7.45. The molecule has 6 nitrogen and oxygen atoms in total. The van der Waals surface area contributed by atoms with Crippen molar-refractivity contribution in [3.05, 3.63) is 48.0 Å². The van der Waals surface area contributed by atoms with Gasteiger partial charge in [-0.15, -0.1) is 0 Å². The molecule has 0 unspecified atom stereocenters. The van der Waals surface area contributed by atoms with Crippen LogP contribution in [0.4, 0.5) is 0 Å². The van der Waals surface area contributed by atoms with Gasteiger partial charge in [0.1, 0.15) is 18.3 Å². The third-order valence-electron chi connectivity index (χ3n) is 3.38. The van der Waals surface area contributed by atoms with Crippen molar-refractivity contribution in [1.82, 2.24) is 20.1 Å². The van der Waals surface area contributed by atoms with Gasteiger partial charge in [0.05, 0.1) is 13.0 Å². The molecule has 6 heteroatoms. The molecule has 0 saturated heterocycles. The second-order valence-corrected chi connectivity index (χ2v) is 6.98. The molecule has 1 atom stereocenters. The number of nitrogens with one attached hydrogen (secondary N) is 1. The molecule has 0 fully saturated rings. The molecule has 0 aliphatic carbocycles. The van der Waals surface area contributed by atoms with E-state index in [2.05, 4.69) is 39.7 Å². The van der Waals surface area contributed by atoms with Gasteiger partial charge >= 0.3 is 5.97 Å². The van der Waals surface area contributed by atoms with Gasteiger partial charge in [-0.05, 0) is 38.8 Å². The van der Waals surface area contributed by atoms with Crippen LogP contribution in [0.2, 0.25) is 0 Å². The van der Waals surface area contributed by atoms with Gasteiger partial charge < -0.3 is 10.1 Å². The van der Waals surface area contributed by atoms with E-state index < -0.39 is 5.60 Å². The molecule has 0 radical (unpaired) electrons. The highest BCUT2D eigenvalue weighted by atomic mass is 16.6. The highest BCUT2D eigenvalue weighted by Gasteiger charge is 2.18. The molecule has 1 aromatic carbocycles. The Bertz CT molecular complexity index is 630. The van der Waals surface area contributed by atoms with Gasteiger partial charge in [-0.25, -0.2) is 9.67 Å². The Morgan fingerprint density at radius 1 is 1.25 bits per heavy atom. The first-order chi connectivity index (χ1) is 11.3. The van der Waals surface area contributed by atoms with Crippen molar-refractivity contribution >= 4 is 5.97 Å². The van der Waals surface area contributed by atoms with Crippen LogP contribution in [0.5, 0.6) is 0 Å². The van der Waals surface area contributed by atoms with Crippen LogP contribution in [0.1, 0.15) is 45.2 Å². The maximum Gasteiger partial charge on any atom is 0.307 e. The van der Waals surface area contributed by atoms with Crippen LogP contribution < -0.4 is 5.32 Å². The van der Waals surface area contributed by atoms with E-state index in [0.717, 1.165) is 0 Å². The van der Waals surface area contributed by atoms with E-state index in [1.54, 1.807) is 11.0 Å². The maximum atomic E-state index is 11.8. The summed E-state index contributed by atoms with van der Waals surface area (Å²) < 4.78 is 7.12. The van der Waals surface area contributed by atoms with Gasteiger partial charge in [-0.3, -0.25) is 4.79 Å². The molecule has 0 spiro atoms. The van der Waals surface area contributed by atoms with E-state index in [9.17, 15) is 4.79 Å². The summed E-state index contributed by atoms with van der Waals surface area (Å²) in [6.45, 7) is 9.05.